The number of ketones is 2. The van der Waals surface area contributed by atoms with Crippen LogP contribution in [0.25, 0.3) is 0 Å². The van der Waals surface area contributed by atoms with Gasteiger partial charge in [-0.15, -0.1) is 0 Å². The van der Waals surface area contributed by atoms with Crippen LogP contribution in [0.1, 0.15) is 58.3 Å². The summed E-state index contributed by atoms with van der Waals surface area (Å²) >= 11 is 0. The number of rotatable bonds is 4. The summed E-state index contributed by atoms with van der Waals surface area (Å²) in [5.74, 6) is 0.992. The summed E-state index contributed by atoms with van der Waals surface area (Å²) in [5, 5.41) is 0. The van der Waals surface area contributed by atoms with Crippen molar-refractivity contribution in [1.29, 1.82) is 0 Å². The predicted octanol–water partition coefficient (Wildman–Crippen LogP) is 4.25. The molecule has 0 amide bonds. The van der Waals surface area contributed by atoms with E-state index in [2.05, 4.69) is 6.92 Å². The third kappa shape index (κ3) is 2.65. The molecule has 21 heavy (non-hydrogen) atoms. The molecule has 4 atom stereocenters. The molecule has 0 radical (unpaired) electrons. The van der Waals surface area contributed by atoms with Crippen molar-refractivity contribution in [2.24, 2.45) is 23.7 Å². The normalized spacial score (nSPS) is 35.2. The lowest BCUT2D eigenvalue weighted by Crippen LogP contribution is -2.48. The Morgan fingerprint density at radius 1 is 1.19 bits per heavy atom. The molecule has 0 saturated heterocycles. The van der Waals surface area contributed by atoms with E-state index in [0.717, 1.165) is 37.7 Å². The molecule has 3 aliphatic rings. The summed E-state index contributed by atoms with van der Waals surface area (Å²) in [6, 6.07) is 0. The summed E-state index contributed by atoms with van der Waals surface area (Å²) in [4.78, 5) is 25.7. The van der Waals surface area contributed by atoms with Gasteiger partial charge in [0.25, 0.3) is 0 Å². The van der Waals surface area contributed by atoms with Crippen LogP contribution in [0.3, 0.4) is 0 Å². The van der Waals surface area contributed by atoms with Gasteiger partial charge in [0.2, 0.25) is 0 Å². The highest BCUT2D eigenvalue weighted by Crippen LogP contribution is 2.47. The highest BCUT2D eigenvalue weighted by atomic mass is 16.1. The van der Waals surface area contributed by atoms with E-state index in [4.69, 9.17) is 0 Å². The van der Waals surface area contributed by atoms with E-state index in [1.54, 1.807) is 0 Å². The molecule has 2 nitrogen and oxygen atoms in total. The molecule has 0 aromatic heterocycles. The van der Waals surface area contributed by atoms with Crippen LogP contribution in [-0.4, -0.2) is 11.6 Å². The predicted molar refractivity (Wildman–Crippen MR) is 83.8 cm³/mol. The number of Topliss-reactive ketones (excluding diaryl/α,β-unsaturated/α-hetero) is 2. The first-order chi connectivity index (χ1) is 10.2. The van der Waals surface area contributed by atoms with Crippen LogP contribution >= 0.6 is 0 Å². The van der Waals surface area contributed by atoms with E-state index in [1.807, 2.05) is 18.2 Å². The molecule has 4 unspecified atom stereocenters. The van der Waals surface area contributed by atoms with Gasteiger partial charge in [-0.1, -0.05) is 50.8 Å². The topological polar surface area (TPSA) is 34.1 Å². The number of hydrogen-bond donors (Lipinski definition) is 0. The monoisotopic (exact) mass is 286 g/mol. The SMILES string of the molecule is CCCCCC1CCCC2C(=O)C3CC=CC=C3C(=O)C12. The number of carbonyl (C=O) groups is 2. The second-order valence-electron chi connectivity index (χ2n) is 6.92. The average molecular weight is 286 g/mol. The third-order valence-corrected chi connectivity index (χ3v) is 5.67. The van der Waals surface area contributed by atoms with Crippen LogP contribution in [0.2, 0.25) is 0 Å². The number of hydrogen-bond acceptors (Lipinski definition) is 2. The van der Waals surface area contributed by atoms with Crippen molar-refractivity contribution in [3.63, 3.8) is 0 Å². The second-order valence-corrected chi connectivity index (χ2v) is 6.92. The zero-order valence-corrected chi connectivity index (χ0v) is 13.0. The Labute approximate surface area is 127 Å². The van der Waals surface area contributed by atoms with Gasteiger partial charge < -0.3 is 0 Å². The Morgan fingerprint density at radius 3 is 2.86 bits per heavy atom. The Bertz CT molecular complexity index is 486. The third-order valence-electron chi connectivity index (χ3n) is 5.67. The summed E-state index contributed by atoms with van der Waals surface area (Å²) in [6.07, 6.45) is 14.6. The fraction of sp³-hybridized carbons (Fsp3) is 0.684. The summed E-state index contributed by atoms with van der Waals surface area (Å²) in [6.45, 7) is 2.21. The quantitative estimate of drug-likeness (QED) is 0.724. The van der Waals surface area contributed by atoms with E-state index < -0.39 is 0 Å². The minimum atomic E-state index is -0.127. The van der Waals surface area contributed by atoms with Crippen LogP contribution < -0.4 is 0 Å². The van der Waals surface area contributed by atoms with E-state index in [-0.39, 0.29) is 17.8 Å². The van der Waals surface area contributed by atoms with Gasteiger partial charge >= 0.3 is 0 Å². The Balaban J connectivity index is 1.82. The van der Waals surface area contributed by atoms with Gasteiger partial charge in [0.15, 0.2) is 5.78 Å². The zero-order chi connectivity index (χ0) is 14.8. The highest BCUT2D eigenvalue weighted by Gasteiger charge is 2.49. The largest absolute Gasteiger partial charge is 0.299 e. The maximum absolute atomic E-state index is 12.9. The van der Waals surface area contributed by atoms with Crippen molar-refractivity contribution in [3.05, 3.63) is 23.8 Å². The van der Waals surface area contributed by atoms with Gasteiger partial charge in [0.1, 0.15) is 5.78 Å². The molecule has 2 saturated carbocycles. The molecule has 114 valence electrons. The first kappa shape index (κ1) is 14.7. The molecule has 3 rings (SSSR count). The van der Waals surface area contributed by atoms with Gasteiger partial charge in [0.05, 0.1) is 0 Å². The van der Waals surface area contributed by atoms with Gasteiger partial charge in [-0.05, 0) is 31.6 Å². The Morgan fingerprint density at radius 2 is 2.05 bits per heavy atom. The molecule has 0 aromatic carbocycles. The molecule has 0 heterocycles. The second kappa shape index (κ2) is 6.29. The maximum atomic E-state index is 12.9. The van der Waals surface area contributed by atoms with Crippen molar-refractivity contribution in [2.45, 2.75) is 58.3 Å². The molecule has 0 N–H and O–H groups in total. The lowest BCUT2D eigenvalue weighted by Gasteiger charge is -2.43. The van der Waals surface area contributed by atoms with Crippen LogP contribution in [0.5, 0.6) is 0 Å². The number of carbonyl (C=O) groups excluding carboxylic acids is 2. The molecule has 0 spiro atoms. The maximum Gasteiger partial charge on any atom is 0.163 e. The number of unbranched alkanes of at least 4 members (excludes halogenated alkanes) is 2. The fourth-order valence-electron chi connectivity index (χ4n) is 4.59. The fourth-order valence-corrected chi connectivity index (χ4v) is 4.59. The number of fused-ring (bicyclic) bond motifs is 2. The smallest absolute Gasteiger partial charge is 0.163 e. The number of allylic oxidation sites excluding steroid dienone is 4. The molecule has 3 aliphatic carbocycles. The summed E-state index contributed by atoms with van der Waals surface area (Å²) in [5.41, 5.74) is 0.811. The molecule has 2 fully saturated rings. The summed E-state index contributed by atoms with van der Waals surface area (Å²) in [7, 11) is 0. The molecular formula is C19H26O2. The Kier molecular flexibility index (Phi) is 4.42. The van der Waals surface area contributed by atoms with Crippen molar-refractivity contribution >= 4 is 11.6 Å². The highest BCUT2D eigenvalue weighted by molar-refractivity contribution is 6.10. The first-order valence-corrected chi connectivity index (χ1v) is 8.68. The average Bonchev–Trinajstić information content (AvgIpc) is 2.53. The van der Waals surface area contributed by atoms with Crippen LogP contribution in [0.15, 0.2) is 23.8 Å². The molecule has 0 aromatic rings. The summed E-state index contributed by atoms with van der Waals surface area (Å²) < 4.78 is 0. The van der Waals surface area contributed by atoms with Crippen LogP contribution in [0.4, 0.5) is 0 Å². The van der Waals surface area contributed by atoms with E-state index >= 15 is 0 Å². The lowest BCUT2D eigenvalue weighted by molar-refractivity contribution is -0.141. The molecule has 2 heteroatoms. The van der Waals surface area contributed by atoms with Crippen molar-refractivity contribution in [1.82, 2.24) is 0 Å². The van der Waals surface area contributed by atoms with Crippen molar-refractivity contribution < 1.29 is 9.59 Å². The van der Waals surface area contributed by atoms with Crippen LogP contribution in [0, 0.1) is 23.7 Å². The molecular weight excluding hydrogens is 260 g/mol. The minimum absolute atomic E-state index is 0.00268. The Hall–Kier alpha value is -1.18. The lowest BCUT2D eigenvalue weighted by atomic mass is 9.58. The molecule has 0 bridgehead atoms. The minimum Gasteiger partial charge on any atom is -0.299 e. The van der Waals surface area contributed by atoms with E-state index in [1.165, 1.54) is 19.3 Å². The van der Waals surface area contributed by atoms with Gasteiger partial charge in [-0.25, -0.2) is 0 Å². The zero-order valence-electron chi connectivity index (χ0n) is 13.0. The van der Waals surface area contributed by atoms with Crippen molar-refractivity contribution in [2.75, 3.05) is 0 Å². The van der Waals surface area contributed by atoms with E-state index in [9.17, 15) is 9.59 Å². The van der Waals surface area contributed by atoms with Gasteiger partial charge in [0, 0.05) is 23.3 Å². The molecule has 0 aliphatic heterocycles. The van der Waals surface area contributed by atoms with Crippen molar-refractivity contribution in [3.8, 4) is 0 Å². The van der Waals surface area contributed by atoms with Gasteiger partial charge in [-0.2, -0.15) is 0 Å². The van der Waals surface area contributed by atoms with Gasteiger partial charge in [-0.3, -0.25) is 9.59 Å². The van der Waals surface area contributed by atoms with E-state index in [0.29, 0.717) is 17.5 Å². The standard InChI is InChI=1S/C19H26O2/c1-2-3-4-8-13-9-7-12-16-17(13)19(21)15-11-6-5-10-14(15)18(16)20/h5-6,11,13-14,16-17H,2-4,7-10,12H2,1H3. The first-order valence-electron chi connectivity index (χ1n) is 8.68. The van der Waals surface area contributed by atoms with Crippen LogP contribution in [-0.2, 0) is 9.59 Å².